The summed E-state index contributed by atoms with van der Waals surface area (Å²) in [6.45, 7) is 0. The van der Waals surface area contributed by atoms with Gasteiger partial charge in [-0.2, -0.15) is 5.01 Å². The molecule has 4 aromatic rings. The molecule has 4 aromatic carbocycles. The van der Waals surface area contributed by atoms with E-state index in [0.717, 1.165) is 56.5 Å². The number of ketones is 1. The van der Waals surface area contributed by atoms with Crippen LogP contribution in [-0.4, -0.2) is 50.4 Å². The molecule has 0 unspecified atom stereocenters. The Kier molecular flexibility index (Phi) is 7.24. The lowest BCUT2D eigenvalue weighted by atomic mass is 9.55. The Morgan fingerprint density at radius 2 is 1.24 bits per heavy atom. The van der Waals surface area contributed by atoms with Gasteiger partial charge in [-0.05, 0) is 65.1 Å². The molecule has 1 aliphatic heterocycles. The quantitative estimate of drug-likeness (QED) is 0.0785. The third-order valence-electron chi connectivity index (χ3n) is 9.28. The van der Waals surface area contributed by atoms with Crippen molar-refractivity contribution in [3.05, 3.63) is 146 Å². The van der Waals surface area contributed by atoms with E-state index in [2.05, 4.69) is 0 Å². The minimum atomic E-state index is -1.43. The van der Waals surface area contributed by atoms with Gasteiger partial charge in [-0.25, -0.2) is 9.40 Å². The number of imide groups is 1. The maximum atomic E-state index is 14.6. The molecule has 8 rings (SSSR count). The number of hydrogen-bond acceptors (Lipinski definition) is 6. The van der Waals surface area contributed by atoms with Crippen molar-refractivity contribution in [3.63, 3.8) is 0 Å². The van der Waals surface area contributed by atoms with E-state index in [0.29, 0.717) is 0 Å². The minimum Gasteiger partial charge on any atom is -0.292 e. The fourth-order valence-electron chi connectivity index (χ4n) is 7.38. The van der Waals surface area contributed by atoms with Crippen LogP contribution in [0.15, 0.2) is 97.1 Å². The number of rotatable bonds is 8. The predicted molar refractivity (Wildman–Crippen MR) is 165 cm³/mol. The molecule has 0 aromatic heterocycles. The summed E-state index contributed by atoms with van der Waals surface area (Å²) in [5.74, 6) is -6.09. The van der Waals surface area contributed by atoms with Crippen molar-refractivity contribution in [1.29, 1.82) is 0 Å². The van der Waals surface area contributed by atoms with Gasteiger partial charge >= 0.3 is 0 Å². The number of hydrazine groups is 1. The van der Waals surface area contributed by atoms with Gasteiger partial charge in [0.15, 0.2) is 5.78 Å². The van der Waals surface area contributed by atoms with Gasteiger partial charge in [0.25, 0.3) is 23.4 Å². The van der Waals surface area contributed by atoms with Crippen LogP contribution in [0.25, 0.3) is 0 Å². The number of nitrogens with zero attached hydrogens (tertiary/aromatic N) is 3. The van der Waals surface area contributed by atoms with Crippen LogP contribution >= 0.6 is 11.6 Å². The van der Waals surface area contributed by atoms with Crippen LogP contribution < -0.4 is 0 Å². The molecule has 0 spiro atoms. The molecule has 3 aliphatic carbocycles. The number of halogens is 2. The first-order valence-electron chi connectivity index (χ1n) is 14.7. The summed E-state index contributed by atoms with van der Waals surface area (Å²) >= 11 is 6.17. The summed E-state index contributed by atoms with van der Waals surface area (Å²) in [4.78, 5) is 68.3. The van der Waals surface area contributed by atoms with Gasteiger partial charge in [0.2, 0.25) is 0 Å². The van der Waals surface area contributed by atoms with Crippen LogP contribution in [-0.2, 0) is 9.59 Å². The molecule has 1 heterocycles. The molecule has 3 amide bonds. The van der Waals surface area contributed by atoms with E-state index >= 15 is 0 Å². The van der Waals surface area contributed by atoms with Crippen molar-refractivity contribution in [3.8, 4) is 0 Å². The second-order valence-corrected chi connectivity index (χ2v) is 11.9. The van der Waals surface area contributed by atoms with Gasteiger partial charge in [0.05, 0.1) is 16.8 Å². The maximum absolute atomic E-state index is 14.6. The zero-order valence-corrected chi connectivity index (χ0v) is 24.8. The summed E-state index contributed by atoms with van der Waals surface area (Å²) in [5, 5.41) is 13.0. The van der Waals surface area contributed by atoms with Crippen molar-refractivity contribution >= 4 is 40.8 Å². The van der Waals surface area contributed by atoms with Crippen molar-refractivity contribution in [2.75, 3.05) is 5.88 Å². The standard InChI is InChI=1S/C35H25ClFN3O6/c36-18-17-27(32(41)19-9-13-21(37)14-10-19)38(33(42)20-11-15-22(16-12-20)40(45)46)39-34(43)30-28-23-5-1-2-6-24(23)29(31(30)35(39)44)26-8-4-3-7-25(26)28/h1-16,27-31H,17-18H2/t27-,28?,29?,30-,31-/m0/s1. The highest BCUT2D eigenvalue weighted by Gasteiger charge is 2.63. The molecule has 0 N–H and O–H groups in total. The Morgan fingerprint density at radius 1 is 0.783 bits per heavy atom. The summed E-state index contributed by atoms with van der Waals surface area (Å²) in [6, 6.07) is 23.3. The van der Waals surface area contributed by atoms with E-state index in [1.807, 2.05) is 48.5 Å². The second kappa shape index (κ2) is 11.3. The van der Waals surface area contributed by atoms with Crippen LogP contribution in [0.1, 0.15) is 61.2 Å². The zero-order chi connectivity index (χ0) is 32.3. The largest absolute Gasteiger partial charge is 0.292 e. The Morgan fingerprint density at radius 3 is 1.67 bits per heavy atom. The van der Waals surface area contributed by atoms with Crippen LogP contribution in [0.4, 0.5) is 10.1 Å². The fourth-order valence-corrected chi connectivity index (χ4v) is 7.58. The van der Waals surface area contributed by atoms with Crippen LogP contribution in [0, 0.1) is 27.8 Å². The van der Waals surface area contributed by atoms with E-state index in [1.165, 1.54) is 24.3 Å². The molecule has 3 atom stereocenters. The highest BCUT2D eigenvalue weighted by atomic mass is 35.5. The second-order valence-electron chi connectivity index (χ2n) is 11.6. The Hall–Kier alpha value is -5.22. The molecule has 0 radical (unpaired) electrons. The van der Waals surface area contributed by atoms with Gasteiger partial charge in [0.1, 0.15) is 11.9 Å². The Bertz CT molecular complexity index is 1820. The summed E-state index contributed by atoms with van der Waals surface area (Å²) in [5.41, 5.74) is 3.43. The molecule has 46 heavy (non-hydrogen) atoms. The van der Waals surface area contributed by atoms with Gasteiger partial charge in [0, 0.05) is 41.0 Å². The lowest BCUT2D eigenvalue weighted by Crippen LogP contribution is -2.57. The van der Waals surface area contributed by atoms with E-state index < -0.39 is 64.0 Å². The van der Waals surface area contributed by atoms with Crippen molar-refractivity contribution < 1.29 is 28.5 Å². The number of nitro benzene ring substituents is 1. The number of nitro groups is 1. The molecule has 0 saturated carbocycles. The number of amides is 3. The normalized spacial score (nSPS) is 21.3. The first kappa shape index (κ1) is 29.5. The smallest absolute Gasteiger partial charge is 0.273 e. The van der Waals surface area contributed by atoms with E-state index in [1.54, 1.807) is 0 Å². The lowest BCUT2D eigenvalue weighted by Gasteiger charge is -2.45. The molecule has 2 bridgehead atoms. The van der Waals surface area contributed by atoms with E-state index in [4.69, 9.17) is 11.6 Å². The van der Waals surface area contributed by atoms with Gasteiger partial charge in [-0.15, -0.1) is 11.6 Å². The average Bonchev–Trinajstić information content (AvgIpc) is 3.34. The molecule has 11 heteroatoms. The first-order valence-corrected chi connectivity index (χ1v) is 15.3. The average molecular weight is 638 g/mol. The molecule has 4 aliphatic rings. The van der Waals surface area contributed by atoms with Crippen LogP contribution in [0.5, 0.6) is 0 Å². The Balaban J connectivity index is 1.37. The van der Waals surface area contributed by atoms with Crippen molar-refractivity contribution in [2.24, 2.45) is 11.8 Å². The third-order valence-corrected chi connectivity index (χ3v) is 9.50. The topological polar surface area (TPSA) is 118 Å². The van der Waals surface area contributed by atoms with Crippen LogP contribution in [0.3, 0.4) is 0 Å². The summed E-state index contributed by atoms with van der Waals surface area (Å²) < 4.78 is 13.8. The Labute approximate surface area is 267 Å². The molecule has 1 saturated heterocycles. The molecular formula is C35H25ClFN3O6. The number of alkyl halides is 1. The monoisotopic (exact) mass is 637 g/mol. The number of Topliss-reactive ketones (excluding diaryl/α,β-unsaturated/α-hetero) is 1. The van der Waals surface area contributed by atoms with Crippen molar-refractivity contribution in [1.82, 2.24) is 10.0 Å². The SMILES string of the molecule is O=C(c1ccc(F)cc1)[C@H](CCCl)N(C(=O)c1ccc([N+](=O)[O-])cc1)N1C(=O)[C@H]2C3c4ccccc4C(c4ccccc43)[C@@H]2C1=O. The molecule has 230 valence electrons. The van der Waals surface area contributed by atoms with E-state index in [9.17, 15) is 33.7 Å². The number of non-ortho nitro benzene ring substituents is 1. The number of carbonyl (C=O) groups excluding carboxylic acids is 4. The minimum absolute atomic E-state index is 0.0504. The number of hydrogen-bond donors (Lipinski definition) is 0. The van der Waals surface area contributed by atoms with Gasteiger partial charge in [-0.1, -0.05) is 48.5 Å². The first-order chi connectivity index (χ1) is 22.2. The fraction of sp³-hybridized carbons (Fsp3) is 0.200. The highest BCUT2D eigenvalue weighted by molar-refractivity contribution is 6.18. The maximum Gasteiger partial charge on any atom is 0.273 e. The van der Waals surface area contributed by atoms with E-state index in [-0.39, 0.29) is 29.1 Å². The molecule has 9 nitrogen and oxygen atoms in total. The zero-order valence-electron chi connectivity index (χ0n) is 24.1. The third kappa shape index (κ3) is 4.43. The molecular weight excluding hydrogens is 613 g/mol. The number of benzene rings is 4. The predicted octanol–water partition coefficient (Wildman–Crippen LogP) is 5.86. The van der Waals surface area contributed by atoms with Gasteiger partial charge in [-0.3, -0.25) is 29.3 Å². The highest BCUT2D eigenvalue weighted by Crippen LogP contribution is 2.61. The van der Waals surface area contributed by atoms with Gasteiger partial charge < -0.3 is 0 Å². The summed E-state index contributed by atoms with van der Waals surface area (Å²) in [7, 11) is 0. The lowest BCUT2D eigenvalue weighted by molar-refractivity contribution is -0.384. The van der Waals surface area contributed by atoms with Crippen molar-refractivity contribution in [2.45, 2.75) is 24.3 Å². The number of carbonyl (C=O) groups is 4. The summed E-state index contributed by atoms with van der Waals surface area (Å²) in [6.07, 6.45) is -0.143. The van der Waals surface area contributed by atoms with Crippen LogP contribution in [0.2, 0.25) is 0 Å². The molecule has 1 fully saturated rings.